The highest BCUT2D eigenvalue weighted by Crippen LogP contribution is 2.27. The molecule has 0 saturated carbocycles. The molecule has 0 radical (unpaired) electrons. The van der Waals surface area contributed by atoms with Gasteiger partial charge in [-0.25, -0.2) is 13.9 Å². The van der Waals surface area contributed by atoms with Gasteiger partial charge in [0.15, 0.2) is 5.65 Å². The number of rotatable bonds is 4. The molecule has 0 atom stereocenters. The Morgan fingerprint density at radius 2 is 1.73 bits per heavy atom. The normalized spacial score (nSPS) is 14.7. The minimum absolute atomic E-state index is 0.138. The van der Waals surface area contributed by atoms with Gasteiger partial charge in [-0.2, -0.15) is 5.10 Å². The SMILES string of the molecule is CCN1CCN(C(=O)c2cc(-c3ccccc3F)nc3cc(-c4ccc(Cl)cc4)nn23)CC1. The van der Waals surface area contributed by atoms with Gasteiger partial charge in [-0.3, -0.25) is 4.79 Å². The number of likely N-dealkylation sites (N-methyl/N-ethyl adjacent to an activating group) is 1. The number of nitrogens with zero attached hydrogens (tertiary/aromatic N) is 5. The number of amides is 1. The fourth-order valence-corrected chi connectivity index (χ4v) is 4.25. The Labute approximate surface area is 196 Å². The fourth-order valence-electron chi connectivity index (χ4n) is 4.12. The predicted molar refractivity (Wildman–Crippen MR) is 127 cm³/mol. The maximum Gasteiger partial charge on any atom is 0.272 e. The molecule has 33 heavy (non-hydrogen) atoms. The summed E-state index contributed by atoms with van der Waals surface area (Å²) in [7, 11) is 0. The molecule has 5 rings (SSSR count). The first-order chi connectivity index (χ1) is 16.0. The van der Waals surface area contributed by atoms with Crippen molar-refractivity contribution >= 4 is 23.2 Å². The number of hydrogen-bond acceptors (Lipinski definition) is 4. The Morgan fingerprint density at radius 3 is 2.42 bits per heavy atom. The van der Waals surface area contributed by atoms with Crippen LogP contribution in [-0.2, 0) is 0 Å². The zero-order valence-electron chi connectivity index (χ0n) is 18.2. The van der Waals surface area contributed by atoms with E-state index in [0.717, 1.165) is 25.2 Å². The molecule has 168 valence electrons. The average molecular weight is 464 g/mol. The van der Waals surface area contributed by atoms with Gasteiger partial charge < -0.3 is 9.80 Å². The summed E-state index contributed by atoms with van der Waals surface area (Å²) in [5.74, 6) is -0.525. The van der Waals surface area contributed by atoms with Gasteiger partial charge in [0, 0.05) is 48.4 Å². The first kappa shape index (κ1) is 21.6. The van der Waals surface area contributed by atoms with Crippen LogP contribution in [0.4, 0.5) is 4.39 Å². The second-order valence-electron chi connectivity index (χ2n) is 8.04. The molecule has 0 bridgehead atoms. The van der Waals surface area contributed by atoms with Gasteiger partial charge in [0.05, 0.1) is 11.4 Å². The predicted octanol–water partition coefficient (Wildman–Crippen LogP) is 4.63. The minimum Gasteiger partial charge on any atom is -0.335 e. The number of aromatic nitrogens is 3. The number of carbonyl (C=O) groups is 1. The maximum atomic E-state index is 14.6. The van der Waals surface area contributed by atoms with Gasteiger partial charge in [-0.1, -0.05) is 42.8 Å². The second-order valence-corrected chi connectivity index (χ2v) is 8.48. The van der Waals surface area contributed by atoms with E-state index in [2.05, 4.69) is 21.9 Å². The van der Waals surface area contributed by atoms with Crippen molar-refractivity contribution in [2.75, 3.05) is 32.7 Å². The lowest BCUT2D eigenvalue weighted by Crippen LogP contribution is -2.48. The second kappa shape index (κ2) is 8.92. The smallest absolute Gasteiger partial charge is 0.272 e. The third-order valence-electron chi connectivity index (χ3n) is 6.04. The number of halogens is 2. The van der Waals surface area contributed by atoms with Crippen molar-refractivity contribution in [2.24, 2.45) is 0 Å². The number of carbonyl (C=O) groups excluding carboxylic acids is 1. The van der Waals surface area contributed by atoms with Gasteiger partial charge in [0.1, 0.15) is 11.5 Å². The van der Waals surface area contributed by atoms with Crippen LogP contribution in [0.15, 0.2) is 60.7 Å². The van der Waals surface area contributed by atoms with Crippen molar-refractivity contribution < 1.29 is 9.18 Å². The van der Waals surface area contributed by atoms with E-state index in [1.807, 2.05) is 17.0 Å². The van der Waals surface area contributed by atoms with Crippen LogP contribution in [0.1, 0.15) is 17.4 Å². The standard InChI is InChI=1S/C25H23ClFN5O/c1-2-30-11-13-31(14-12-30)25(33)23-15-22(19-5-3-4-6-20(19)27)28-24-16-21(29-32(23)24)17-7-9-18(26)10-8-17/h3-10,15-16H,2,11-14H2,1H3. The van der Waals surface area contributed by atoms with Crippen LogP contribution in [-0.4, -0.2) is 63.0 Å². The van der Waals surface area contributed by atoms with Gasteiger partial charge in [-0.05, 0) is 36.9 Å². The number of benzene rings is 2. The van der Waals surface area contributed by atoms with Crippen LogP contribution in [0, 0.1) is 5.82 Å². The summed E-state index contributed by atoms with van der Waals surface area (Å²) < 4.78 is 16.1. The maximum absolute atomic E-state index is 14.6. The largest absolute Gasteiger partial charge is 0.335 e. The summed E-state index contributed by atoms with van der Waals surface area (Å²) in [5, 5.41) is 5.31. The summed E-state index contributed by atoms with van der Waals surface area (Å²) in [6.07, 6.45) is 0. The molecule has 4 aromatic rings. The van der Waals surface area contributed by atoms with Crippen molar-refractivity contribution in [3.05, 3.63) is 77.2 Å². The van der Waals surface area contributed by atoms with Crippen molar-refractivity contribution in [3.63, 3.8) is 0 Å². The Morgan fingerprint density at radius 1 is 1.00 bits per heavy atom. The van der Waals surface area contributed by atoms with Crippen LogP contribution >= 0.6 is 11.6 Å². The van der Waals surface area contributed by atoms with Crippen molar-refractivity contribution in [1.29, 1.82) is 0 Å². The Kier molecular flexibility index (Phi) is 5.83. The highest BCUT2D eigenvalue weighted by atomic mass is 35.5. The van der Waals surface area contributed by atoms with Gasteiger partial charge in [0.25, 0.3) is 5.91 Å². The Hall–Kier alpha value is -3.29. The van der Waals surface area contributed by atoms with Gasteiger partial charge in [0.2, 0.25) is 0 Å². The van der Waals surface area contributed by atoms with Crippen LogP contribution in [0.5, 0.6) is 0 Å². The van der Waals surface area contributed by atoms with E-state index < -0.39 is 0 Å². The molecule has 1 saturated heterocycles. The summed E-state index contributed by atoms with van der Waals surface area (Å²) in [6, 6.07) is 17.2. The monoisotopic (exact) mass is 463 g/mol. The van der Waals surface area contributed by atoms with Crippen LogP contribution in [0.3, 0.4) is 0 Å². The summed E-state index contributed by atoms with van der Waals surface area (Å²) in [6.45, 7) is 6.00. The van der Waals surface area contributed by atoms with E-state index in [0.29, 0.717) is 46.4 Å². The highest BCUT2D eigenvalue weighted by molar-refractivity contribution is 6.30. The zero-order chi connectivity index (χ0) is 22.9. The molecule has 2 aromatic carbocycles. The molecule has 2 aromatic heterocycles. The molecule has 1 aliphatic heterocycles. The molecule has 1 fully saturated rings. The van der Waals surface area contributed by atoms with E-state index in [1.165, 1.54) is 6.07 Å². The topological polar surface area (TPSA) is 53.7 Å². The molecule has 0 spiro atoms. The van der Waals surface area contributed by atoms with Crippen molar-refractivity contribution in [1.82, 2.24) is 24.4 Å². The van der Waals surface area contributed by atoms with Gasteiger partial charge in [-0.15, -0.1) is 0 Å². The van der Waals surface area contributed by atoms with E-state index >= 15 is 0 Å². The van der Waals surface area contributed by atoms with Crippen LogP contribution in [0.25, 0.3) is 28.2 Å². The lowest BCUT2D eigenvalue weighted by molar-refractivity contribution is 0.0634. The van der Waals surface area contributed by atoms with E-state index in [9.17, 15) is 9.18 Å². The molecule has 3 heterocycles. The quantitative estimate of drug-likeness (QED) is 0.442. The summed E-state index contributed by atoms with van der Waals surface area (Å²) >= 11 is 6.03. The lowest BCUT2D eigenvalue weighted by Gasteiger charge is -2.34. The first-order valence-electron chi connectivity index (χ1n) is 11.0. The molecular formula is C25H23ClFN5O. The van der Waals surface area contributed by atoms with E-state index in [-0.39, 0.29) is 11.7 Å². The molecular weight excluding hydrogens is 441 g/mol. The molecule has 0 N–H and O–H groups in total. The molecule has 0 aliphatic carbocycles. The minimum atomic E-state index is -0.387. The van der Waals surface area contributed by atoms with E-state index in [1.54, 1.807) is 47.0 Å². The molecule has 6 nitrogen and oxygen atoms in total. The third kappa shape index (κ3) is 4.21. The summed E-state index contributed by atoms with van der Waals surface area (Å²) in [5.41, 5.74) is 3.11. The van der Waals surface area contributed by atoms with Crippen LogP contribution in [0.2, 0.25) is 5.02 Å². The first-order valence-corrected chi connectivity index (χ1v) is 11.3. The molecule has 8 heteroatoms. The third-order valence-corrected chi connectivity index (χ3v) is 6.29. The lowest BCUT2D eigenvalue weighted by atomic mass is 10.1. The molecule has 1 aliphatic rings. The fraction of sp³-hybridized carbons (Fsp3) is 0.240. The summed E-state index contributed by atoms with van der Waals surface area (Å²) in [4.78, 5) is 22.4. The highest BCUT2D eigenvalue weighted by Gasteiger charge is 2.25. The van der Waals surface area contributed by atoms with Gasteiger partial charge >= 0.3 is 0 Å². The number of fused-ring (bicyclic) bond motifs is 1. The average Bonchev–Trinajstić information content (AvgIpc) is 3.28. The number of piperazine rings is 1. The van der Waals surface area contributed by atoms with Crippen molar-refractivity contribution in [3.8, 4) is 22.5 Å². The Balaban J connectivity index is 1.62. The zero-order valence-corrected chi connectivity index (χ0v) is 19.0. The molecule has 0 unspecified atom stereocenters. The van der Waals surface area contributed by atoms with Crippen molar-refractivity contribution in [2.45, 2.75) is 6.92 Å². The van der Waals surface area contributed by atoms with E-state index in [4.69, 9.17) is 11.6 Å². The number of hydrogen-bond donors (Lipinski definition) is 0. The molecule has 1 amide bonds. The Bertz CT molecular complexity index is 1310. The van der Waals surface area contributed by atoms with Crippen LogP contribution < -0.4 is 0 Å².